The zero-order valence-electron chi connectivity index (χ0n) is 18.2. The number of aliphatic hydroxyl groups excluding tert-OH is 1. The van der Waals surface area contributed by atoms with Crippen molar-refractivity contribution in [2.45, 2.75) is 29.2 Å². The monoisotopic (exact) mass is 487 g/mol. The summed E-state index contributed by atoms with van der Waals surface area (Å²) in [6.07, 6.45) is -0.0963. The Morgan fingerprint density at radius 1 is 1.03 bits per heavy atom. The highest BCUT2D eigenvalue weighted by Crippen LogP contribution is 2.23. The Morgan fingerprint density at radius 3 is 2.45 bits per heavy atom. The molecule has 0 saturated carbocycles. The highest BCUT2D eigenvalue weighted by molar-refractivity contribution is 7.91. The van der Waals surface area contributed by atoms with E-state index in [0.717, 1.165) is 11.1 Å². The van der Waals surface area contributed by atoms with Crippen LogP contribution in [0, 0.1) is 0 Å². The lowest BCUT2D eigenvalue weighted by Gasteiger charge is -2.13. The van der Waals surface area contributed by atoms with Gasteiger partial charge in [0, 0.05) is 11.6 Å². The maximum absolute atomic E-state index is 13.0. The van der Waals surface area contributed by atoms with Crippen LogP contribution in [0.25, 0.3) is 0 Å². The molecule has 0 unspecified atom stereocenters. The van der Waals surface area contributed by atoms with Crippen LogP contribution in [0.1, 0.15) is 34.5 Å². The molecular weight excluding hydrogens is 462 g/mol. The van der Waals surface area contributed by atoms with E-state index in [0.29, 0.717) is 30.1 Å². The highest BCUT2D eigenvalue weighted by atomic mass is 35.5. The van der Waals surface area contributed by atoms with E-state index in [1.165, 1.54) is 24.3 Å². The van der Waals surface area contributed by atoms with Crippen molar-refractivity contribution in [1.29, 1.82) is 0 Å². The number of carbonyl (C=O) groups excluding carboxylic acids is 1. The molecule has 8 heteroatoms. The number of esters is 1. The average Bonchev–Trinajstić information content (AvgIpc) is 2.82. The predicted octanol–water partition coefficient (Wildman–Crippen LogP) is 4.22. The number of halogens is 1. The summed E-state index contributed by atoms with van der Waals surface area (Å²) in [5, 5.41) is 14.0. The van der Waals surface area contributed by atoms with Gasteiger partial charge in [-0.2, -0.15) is 0 Å². The third-order valence-electron chi connectivity index (χ3n) is 5.05. The van der Waals surface area contributed by atoms with Gasteiger partial charge in [-0.3, -0.25) is 0 Å². The first-order valence-electron chi connectivity index (χ1n) is 10.6. The topological polar surface area (TPSA) is 92.7 Å². The smallest absolute Gasteiger partial charge is 0.338 e. The fourth-order valence-corrected chi connectivity index (χ4v) is 4.82. The normalized spacial score (nSPS) is 12.3. The van der Waals surface area contributed by atoms with Gasteiger partial charge in [0.2, 0.25) is 9.84 Å². The molecule has 0 amide bonds. The van der Waals surface area contributed by atoms with E-state index in [-0.39, 0.29) is 16.4 Å². The van der Waals surface area contributed by atoms with Crippen LogP contribution in [-0.2, 0) is 21.0 Å². The summed E-state index contributed by atoms with van der Waals surface area (Å²) in [5.74, 6) is -0.489. The molecule has 0 radical (unpaired) electrons. The number of nitrogens with one attached hydrogen (secondary N) is 1. The zero-order valence-corrected chi connectivity index (χ0v) is 19.8. The van der Waals surface area contributed by atoms with Gasteiger partial charge in [-0.1, -0.05) is 35.9 Å². The molecule has 3 aromatic rings. The standard InChI is InChI=1S/C25H26ClNO5S/c1-2-32-25(29)19-9-11-22(12-10-19)33(30,31)23-8-3-5-18(15-23)13-14-27-17-24(28)20-6-4-7-21(26)16-20/h3-12,15-16,24,27-28H,2,13-14,17H2,1H3/t24-/m0/s1. The van der Waals surface area contributed by atoms with Crippen molar-refractivity contribution in [3.8, 4) is 0 Å². The zero-order chi connectivity index (χ0) is 23.8. The van der Waals surface area contributed by atoms with Gasteiger partial charge in [0.15, 0.2) is 0 Å². The third-order valence-corrected chi connectivity index (χ3v) is 7.05. The number of sulfone groups is 1. The van der Waals surface area contributed by atoms with Gasteiger partial charge in [0.1, 0.15) is 0 Å². The molecule has 0 saturated heterocycles. The quantitative estimate of drug-likeness (QED) is 0.328. The summed E-state index contributed by atoms with van der Waals surface area (Å²) >= 11 is 5.96. The first-order chi connectivity index (χ1) is 15.8. The number of ether oxygens (including phenoxy) is 1. The Morgan fingerprint density at radius 2 is 1.76 bits per heavy atom. The van der Waals surface area contributed by atoms with E-state index >= 15 is 0 Å². The molecule has 0 aliphatic rings. The van der Waals surface area contributed by atoms with Crippen LogP contribution in [0.2, 0.25) is 5.02 Å². The molecule has 3 aromatic carbocycles. The van der Waals surface area contributed by atoms with Crippen molar-refractivity contribution in [3.63, 3.8) is 0 Å². The van der Waals surface area contributed by atoms with Crippen molar-refractivity contribution in [3.05, 3.63) is 94.5 Å². The van der Waals surface area contributed by atoms with Crippen LogP contribution in [0.4, 0.5) is 0 Å². The molecule has 0 aromatic heterocycles. The summed E-state index contributed by atoms with van der Waals surface area (Å²) in [6, 6.07) is 19.5. The van der Waals surface area contributed by atoms with Gasteiger partial charge in [-0.25, -0.2) is 13.2 Å². The van der Waals surface area contributed by atoms with Crippen molar-refractivity contribution in [2.24, 2.45) is 0 Å². The van der Waals surface area contributed by atoms with Gasteiger partial charge < -0.3 is 15.2 Å². The molecule has 3 rings (SSSR count). The van der Waals surface area contributed by atoms with Crippen LogP contribution < -0.4 is 5.32 Å². The Hall–Kier alpha value is -2.71. The Bertz CT molecular complexity index is 1200. The summed E-state index contributed by atoms with van der Waals surface area (Å²) in [7, 11) is -3.73. The molecule has 33 heavy (non-hydrogen) atoms. The summed E-state index contributed by atoms with van der Waals surface area (Å²) in [5.41, 5.74) is 1.89. The minimum Gasteiger partial charge on any atom is -0.462 e. The van der Waals surface area contributed by atoms with E-state index in [4.69, 9.17) is 16.3 Å². The van der Waals surface area contributed by atoms with Gasteiger partial charge >= 0.3 is 5.97 Å². The Balaban J connectivity index is 1.61. The first-order valence-corrected chi connectivity index (χ1v) is 12.4. The van der Waals surface area contributed by atoms with Crippen LogP contribution >= 0.6 is 11.6 Å². The van der Waals surface area contributed by atoms with Crippen molar-refractivity contribution in [2.75, 3.05) is 19.7 Å². The van der Waals surface area contributed by atoms with Gasteiger partial charge in [0.05, 0.1) is 28.1 Å². The van der Waals surface area contributed by atoms with E-state index in [1.807, 2.05) is 12.1 Å². The molecule has 0 aliphatic carbocycles. The largest absolute Gasteiger partial charge is 0.462 e. The van der Waals surface area contributed by atoms with Crippen LogP contribution in [0.5, 0.6) is 0 Å². The van der Waals surface area contributed by atoms with E-state index in [9.17, 15) is 18.3 Å². The van der Waals surface area contributed by atoms with Crippen molar-refractivity contribution >= 4 is 27.4 Å². The van der Waals surface area contributed by atoms with Crippen LogP contribution in [0.15, 0.2) is 82.6 Å². The molecule has 0 aliphatic heterocycles. The fraction of sp³-hybridized carbons (Fsp3) is 0.240. The lowest BCUT2D eigenvalue weighted by Crippen LogP contribution is -2.23. The molecule has 0 fully saturated rings. The van der Waals surface area contributed by atoms with E-state index in [2.05, 4.69) is 5.32 Å². The fourth-order valence-electron chi connectivity index (χ4n) is 3.29. The number of rotatable bonds is 10. The SMILES string of the molecule is CCOC(=O)c1ccc(S(=O)(=O)c2cccc(CCNC[C@H](O)c3cccc(Cl)c3)c2)cc1. The Labute approximate surface area is 199 Å². The summed E-state index contributed by atoms with van der Waals surface area (Å²) in [4.78, 5) is 12.1. The van der Waals surface area contributed by atoms with Gasteiger partial charge in [0.25, 0.3) is 0 Å². The molecule has 2 N–H and O–H groups in total. The second-order valence-corrected chi connectivity index (χ2v) is 9.81. The summed E-state index contributed by atoms with van der Waals surface area (Å²) in [6.45, 7) is 2.88. The molecule has 0 bridgehead atoms. The van der Waals surface area contributed by atoms with Crippen LogP contribution in [-0.4, -0.2) is 39.2 Å². The van der Waals surface area contributed by atoms with Crippen LogP contribution in [0.3, 0.4) is 0 Å². The maximum atomic E-state index is 13.0. The number of carbonyl (C=O) groups is 1. The van der Waals surface area contributed by atoms with Gasteiger partial charge in [-0.15, -0.1) is 0 Å². The molecule has 0 heterocycles. The number of aliphatic hydroxyl groups is 1. The lowest BCUT2D eigenvalue weighted by atomic mass is 10.1. The molecule has 0 spiro atoms. The second kappa shape index (κ2) is 11.4. The minimum atomic E-state index is -3.73. The Kier molecular flexibility index (Phi) is 8.63. The molecule has 1 atom stereocenters. The van der Waals surface area contributed by atoms with Crippen molar-refractivity contribution < 1.29 is 23.1 Å². The van der Waals surface area contributed by atoms with Crippen molar-refractivity contribution in [1.82, 2.24) is 5.32 Å². The summed E-state index contributed by atoms with van der Waals surface area (Å²) < 4.78 is 31.0. The molecule has 174 valence electrons. The lowest BCUT2D eigenvalue weighted by molar-refractivity contribution is 0.0526. The second-order valence-electron chi connectivity index (χ2n) is 7.42. The number of hydrogen-bond acceptors (Lipinski definition) is 6. The first kappa shape index (κ1) is 24.9. The maximum Gasteiger partial charge on any atom is 0.338 e. The highest BCUT2D eigenvalue weighted by Gasteiger charge is 2.19. The average molecular weight is 488 g/mol. The number of benzene rings is 3. The number of hydrogen-bond donors (Lipinski definition) is 2. The molecule has 6 nitrogen and oxygen atoms in total. The minimum absolute atomic E-state index is 0.107. The molecular formula is C25H26ClNO5S. The predicted molar refractivity (Wildman–Crippen MR) is 127 cm³/mol. The third kappa shape index (κ3) is 6.65. The van der Waals surface area contributed by atoms with E-state index in [1.54, 1.807) is 43.3 Å². The van der Waals surface area contributed by atoms with Gasteiger partial charge in [-0.05, 0) is 79.5 Å². The van der Waals surface area contributed by atoms with E-state index < -0.39 is 21.9 Å².